The average Bonchev–Trinajstić information content (AvgIpc) is 2.86. The molecule has 19 heavy (non-hydrogen) atoms. The molecule has 1 saturated heterocycles. The van der Waals surface area contributed by atoms with E-state index < -0.39 is 0 Å². The van der Waals surface area contributed by atoms with Gasteiger partial charge in [-0.25, -0.2) is 0 Å². The number of carbonyl (C=O) groups is 1. The lowest BCUT2D eigenvalue weighted by Crippen LogP contribution is -2.33. The average molecular weight is 283 g/mol. The summed E-state index contributed by atoms with van der Waals surface area (Å²) in [6, 6.07) is 5.41. The molecule has 1 aromatic carbocycles. The molecule has 1 amide bonds. The molecule has 0 radical (unpaired) electrons. The predicted octanol–water partition coefficient (Wildman–Crippen LogP) is 2.36. The van der Waals surface area contributed by atoms with Gasteiger partial charge in [-0.2, -0.15) is 0 Å². The number of rotatable bonds is 5. The van der Waals surface area contributed by atoms with Crippen LogP contribution in [0.4, 0.5) is 5.69 Å². The Bertz CT molecular complexity index is 445. The van der Waals surface area contributed by atoms with Crippen molar-refractivity contribution in [3.63, 3.8) is 0 Å². The van der Waals surface area contributed by atoms with Gasteiger partial charge in [-0.1, -0.05) is 11.6 Å². The summed E-state index contributed by atoms with van der Waals surface area (Å²) in [5.41, 5.74) is 1.76. The second kappa shape index (κ2) is 6.89. The van der Waals surface area contributed by atoms with Crippen LogP contribution in [0.25, 0.3) is 0 Å². The molecule has 1 aliphatic heterocycles. The smallest absolute Gasteiger partial charge is 0.238 e. The van der Waals surface area contributed by atoms with E-state index in [0.29, 0.717) is 11.6 Å². The van der Waals surface area contributed by atoms with Crippen molar-refractivity contribution in [2.45, 2.75) is 25.9 Å². The summed E-state index contributed by atoms with van der Waals surface area (Å²) in [6.45, 7) is 3.78. The van der Waals surface area contributed by atoms with Gasteiger partial charge in [0, 0.05) is 23.9 Å². The molecular formula is C14H19ClN2O2. The van der Waals surface area contributed by atoms with E-state index in [1.165, 1.54) is 0 Å². The van der Waals surface area contributed by atoms with E-state index in [9.17, 15) is 4.79 Å². The fourth-order valence-corrected chi connectivity index (χ4v) is 2.34. The van der Waals surface area contributed by atoms with Crippen molar-refractivity contribution in [2.75, 3.05) is 25.0 Å². The number of carbonyl (C=O) groups excluding carboxylic acids is 1. The first-order valence-corrected chi connectivity index (χ1v) is 6.91. The van der Waals surface area contributed by atoms with Crippen molar-refractivity contribution >= 4 is 23.2 Å². The summed E-state index contributed by atoms with van der Waals surface area (Å²) in [4.78, 5) is 11.8. The van der Waals surface area contributed by atoms with Crippen molar-refractivity contribution in [1.82, 2.24) is 5.32 Å². The molecule has 1 fully saturated rings. The highest BCUT2D eigenvalue weighted by atomic mass is 35.5. The van der Waals surface area contributed by atoms with Crippen molar-refractivity contribution in [2.24, 2.45) is 0 Å². The minimum Gasteiger partial charge on any atom is -0.377 e. The molecule has 0 spiro atoms. The Morgan fingerprint density at radius 1 is 1.53 bits per heavy atom. The normalized spacial score (nSPS) is 18.5. The Hall–Kier alpha value is -1.10. The first-order valence-electron chi connectivity index (χ1n) is 6.53. The van der Waals surface area contributed by atoms with Crippen LogP contribution in [0.1, 0.15) is 18.4 Å². The van der Waals surface area contributed by atoms with E-state index in [4.69, 9.17) is 16.3 Å². The summed E-state index contributed by atoms with van der Waals surface area (Å²) in [5.74, 6) is -0.0524. The Morgan fingerprint density at radius 3 is 3.05 bits per heavy atom. The lowest BCUT2D eigenvalue weighted by Gasteiger charge is -2.12. The van der Waals surface area contributed by atoms with Gasteiger partial charge in [0.2, 0.25) is 5.91 Å². The van der Waals surface area contributed by atoms with E-state index in [2.05, 4.69) is 10.6 Å². The van der Waals surface area contributed by atoms with Crippen LogP contribution >= 0.6 is 11.6 Å². The molecule has 1 heterocycles. The van der Waals surface area contributed by atoms with Crippen LogP contribution in [-0.4, -0.2) is 31.7 Å². The molecule has 0 saturated carbocycles. The Balaban J connectivity index is 1.74. The Morgan fingerprint density at radius 2 is 2.37 bits per heavy atom. The lowest BCUT2D eigenvalue weighted by atomic mass is 10.2. The highest BCUT2D eigenvalue weighted by Crippen LogP contribution is 2.19. The minimum atomic E-state index is -0.0524. The van der Waals surface area contributed by atoms with E-state index in [1.54, 1.807) is 6.07 Å². The summed E-state index contributed by atoms with van der Waals surface area (Å²) in [5, 5.41) is 6.65. The highest BCUT2D eigenvalue weighted by Gasteiger charge is 2.15. The van der Waals surface area contributed by atoms with Crippen molar-refractivity contribution in [1.29, 1.82) is 0 Å². The zero-order valence-electron chi connectivity index (χ0n) is 11.0. The zero-order valence-corrected chi connectivity index (χ0v) is 11.8. The van der Waals surface area contributed by atoms with Crippen molar-refractivity contribution < 1.29 is 9.53 Å². The molecule has 1 aliphatic rings. The third-order valence-corrected chi connectivity index (χ3v) is 3.38. The van der Waals surface area contributed by atoms with Gasteiger partial charge in [0.05, 0.1) is 12.6 Å². The summed E-state index contributed by atoms with van der Waals surface area (Å²) >= 11 is 5.87. The summed E-state index contributed by atoms with van der Waals surface area (Å²) < 4.78 is 5.48. The fourth-order valence-electron chi connectivity index (χ4n) is 2.11. The Kier molecular flexibility index (Phi) is 5.19. The number of ether oxygens (including phenoxy) is 1. The molecule has 0 aromatic heterocycles. The lowest BCUT2D eigenvalue weighted by molar-refractivity contribution is -0.115. The maximum atomic E-state index is 11.8. The molecule has 2 N–H and O–H groups in total. The molecule has 104 valence electrons. The largest absolute Gasteiger partial charge is 0.377 e. The van der Waals surface area contributed by atoms with Crippen LogP contribution in [-0.2, 0) is 9.53 Å². The molecular weight excluding hydrogens is 264 g/mol. The van der Waals surface area contributed by atoms with Gasteiger partial charge in [-0.3, -0.25) is 4.79 Å². The second-order valence-electron chi connectivity index (χ2n) is 4.77. The zero-order chi connectivity index (χ0) is 13.7. The first kappa shape index (κ1) is 14.3. The second-order valence-corrected chi connectivity index (χ2v) is 5.21. The number of hydrogen-bond acceptors (Lipinski definition) is 3. The molecule has 5 heteroatoms. The maximum Gasteiger partial charge on any atom is 0.238 e. The van der Waals surface area contributed by atoms with Gasteiger partial charge < -0.3 is 15.4 Å². The monoisotopic (exact) mass is 282 g/mol. The van der Waals surface area contributed by atoms with E-state index >= 15 is 0 Å². The molecule has 4 nitrogen and oxygen atoms in total. The van der Waals surface area contributed by atoms with Gasteiger partial charge in [-0.15, -0.1) is 0 Å². The quantitative estimate of drug-likeness (QED) is 0.872. The number of benzene rings is 1. The Labute approximate surface area is 118 Å². The van der Waals surface area contributed by atoms with Crippen LogP contribution in [0.15, 0.2) is 18.2 Å². The third kappa shape index (κ3) is 4.49. The highest BCUT2D eigenvalue weighted by molar-refractivity contribution is 6.30. The minimum absolute atomic E-state index is 0.0524. The fraction of sp³-hybridized carbons (Fsp3) is 0.500. The number of aryl methyl sites for hydroxylation is 1. The number of anilines is 1. The number of halogens is 1. The van der Waals surface area contributed by atoms with E-state index in [0.717, 1.165) is 37.2 Å². The standard InChI is InChI=1S/C14H19ClN2O2/c1-10-7-11(15)4-5-13(10)17-14(18)9-16-8-12-3-2-6-19-12/h4-5,7,12,16H,2-3,6,8-9H2,1H3,(H,17,18). The summed E-state index contributed by atoms with van der Waals surface area (Å²) in [6.07, 6.45) is 2.44. The number of amides is 1. The maximum absolute atomic E-state index is 11.8. The number of nitrogens with one attached hydrogen (secondary N) is 2. The van der Waals surface area contributed by atoms with Gasteiger partial charge in [0.15, 0.2) is 0 Å². The van der Waals surface area contributed by atoms with Crippen molar-refractivity contribution in [3.8, 4) is 0 Å². The van der Waals surface area contributed by atoms with Gasteiger partial charge in [0.25, 0.3) is 0 Å². The number of hydrogen-bond donors (Lipinski definition) is 2. The van der Waals surface area contributed by atoms with E-state index in [1.807, 2.05) is 19.1 Å². The predicted molar refractivity (Wildman–Crippen MR) is 76.7 cm³/mol. The molecule has 1 unspecified atom stereocenters. The van der Waals surface area contributed by atoms with Crippen LogP contribution in [0.3, 0.4) is 0 Å². The molecule has 2 rings (SSSR count). The van der Waals surface area contributed by atoms with Crippen molar-refractivity contribution in [3.05, 3.63) is 28.8 Å². The summed E-state index contributed by atoms with van der Waals surface area (Å²) in [7, 11) is 0. The van der Waals surface area contributed by atoms with Gasteiger partial charge in [0.1, 0.15) is 0 Å². The van der Waals surface area contributed by atoms with Crippen LogP contribution in [0.2, 0.25) is 5.02 Å². The van der Waals surface area contributed by atoms with Crippen LogP contribution in [0.5, 0.6) is 0 Å². The van der Waals surface area contributed by atoms with Crippen LogP contribution < -0.4 is 10.6 Å². The molecule has 1 atom stereocenters. The third-order valence-electron chi connectivity index (χ3n) is 3.14. The SMILES string of the molecule is Cc1cc(Cl)ccc1NC(=O)CNCC1CCCO1. The molecule has 0 aliphatic carbocycles. The first-order chi connectivity index (χ1) is 9.15. The molecule has 1 aromatic rings. The molecule has 0 bridgehead atoms. The van der Waals surface area contributed by atoms with Gasteiger partial charge in [-0.05, 0) is 43.5 Å². The topological polar surface area (TPSA) is 50.4 Å². The van der Waals surface area contributed by atoms with Gasteiger partial charge >= 0.3 is 0 Å². The van der Waals surface area contributed by atoms with E-state index in [-0.39, 0.29) is 12.0 Å². The van der Waals surface area contributed by atoms with Crippen LogP contribution in [0, 0.1) is 6.92 Å².